The average molecular weight is 353 g/mol. The molecular formula is C19H13F2N3O2. The molecule has 26 heavy (non-hydrogen) atoms. The number of rotatable bonds is 4. The lowest BCUT2D eigenvalue weighted by atomic mass is 10.1. The summed E-state index contributed by atoms with van der Waals surface area (Å²) < 4.78 is 37.8. The van der Waals surface area contributed by atoms with Crippen molar-refractivity contribution in [3.63, 3.8) is 0 Å². The van der Waals surface area contributed by atoms with Gasteiger partial charge in [0.05, 0.1) is 6.20 Å². The van der Waals surface area contributed by atoms with Crippen LogP contribution >= 0.6 is 0 Å². The molecule has 0 radical (unpaired) electrons. The van der Waals surface area contributed by atoms with Crippen LogP contribution in [0.5, 0.6) is 11.6 Å². The lowest BCUT2D eigenvalue weighted by molar-refractivity contribution is 0.0127. The highest BCUT2D eigenvalue weighted by Gasteiger charge is 2.25. The summed E-state index contributed by atoms with van der Waals surface area (Å²) in [5.41, 5.74) is 2.47. The Labute approximate surface area is 147 Å². The fourth-order valence-electron chi connectivity index (χ4n) is 2.59. The Morgan fingerprint density at radius 3 is 2.58 bits per heavy atom. The van der Waals surface area contributed by atoms with Crippen LogP contribution in [0.25, 0.3) is 22.2 Å². The van der Waals surface area contributed by atoms with Crippen molar-refractivity contribution in [3.05, 3.63) is 66.9 Å². The van der Waals surface area contributed by atoms with Crippen LogP contribution in [-0.2, 0) is 5.92 Å². The molecule has 0 aliphatic heterocycles. The van der Waals surface area contributed by atoms with Crippen molar-refractivity contribution >= 4 is 11.1 Å². The molecule has 1 aromatic carbocycles. The number of oxazole rings is 1. The maximum Gasteiger partial charge on any atom is 0.286 e. The number of benzene rings is 1. The SMILES string of the molecule is CC(F)(F)c1ccc(Oc2ncccc2-c2cccc3ncoc23)cn1. The molecule has 130 valence electrons. The van der Waals surface area contributed by atoms with E-state index in [4.69, 9.17) is 9.15 Å². The molecule has 3 heterocycles. The minimum absolute atomic E-state index is 0.308. The van der Waals surface area contributed by atoms with E-state index in [0.717, 1.165) is 12.5 Å². The summed E-state index contributed by atoms with van der Waals surface area (Å²) in [6.45, 7) is 0.796. The molecule has 7 heteroatoms. The summed E-state index contributed by atoms with van der Waals surface area (Å²) in [5.74, 6) is -2.38. The van der Waals surface area contributed by atoms with E-state index in [1.54, 1.807) is 12.3 Å². The van der Waals surface area contributed by atoms with Gasteiger partial charge in [0.1, 0.15) is 17.0 Å². The van der Waals surface area contributed by atoms with Crippen LogP contribution in [0.15, 0.2) is 65.7 Å². The molecule has 0 aliphatic rings. The fourth-order valence-corrected chi connectivity index (χ4v) is 2.59. The third-order valence-corrected chi connectivity index (χ3v) is 3.82. The smallest absolute Gasteiger partial charge is 0.286 e. The van der Waals surface area contributed by atoms with Crippen LogP contribution in [0, 0.1) is 0 Å². The average Bonchev–Trinajstić information content (AvgIpc) is 3.11. The number of nitrogens with zero attached hydrogens (tertiary/aromatic N) is 3. The van der Waals surface area contributed by atoms with Crippen LogP contribution in [0.3, 0.4) is 0 Å². The summed E-state index contributed by atoms with van der Waals surface area (Å²) >= 11 is 0. The Morgan fingerprint density at radius 1 is 0.962 bits per heavy atom. The van der Waals surface area contributed by atoms with E-state index in [-0.39, 0.29) is 5.69 Å². The van der Waals surface area contributed by atoms with Crippen LogP contribution in [0.4, 0.5) is 8.78 Å². The molecule has 0 fully saturated rings. The van der Waals surface area contributed by atoms with Crippen LogP contribution in [0.2, 0.25) is 0 Å². The van der Waals surface area contributed by atoms with Gasteiger partial charge < -0.3 is 9.15 Å². The molecule has 0 aliphatic carbocycles. The van der Waals surface area contributed by atoms with Crippen molar-refractivity contribution < 1.29 is 17.9 Å². The Hall–Kier alpha value is -3.35. The summed E-state index contributed by atoms with van der Waals surface area (Å²) in [5, 5.41) is 0. The van der Waals surface area contributed by atoms with E-state index in [1.807, 2.05) is 24.3 Å². The van der Waals surface area contributed by atoms with Crippen LogP contribution in [-0.4, -0.2) is 15.0 Å². The van der Waals surface area contributed by atoms with E-state index >= 15 is 0 Å². The summed E-state index contributed by atoms with van der Waals surface area (Å²) in [7, 11) is 0. The highest BCUT2D eigenvalue weighted by Crippen LogP contribution is 2.35. The Morgan fingerprint density at radius 2 is 1.81 bits per heavy atom. The first-order chi connectivity index (χ1) is 12.5. The van der Waals surface area contributed by atoms with E-state index < -0.39 is 5.92 Å². The highest BCUT2D eigenvalue weighted by atomic mass is 19.3. The normalized spacial score (nSPS) is 11.7. The van der Waals surface area contributed by atoms with E-state index in [2.05, 4.69) is 15.0 Å². The van der Waals surface area contributed by atoms with Gasteiger partial charge in [0.25, 0.3) is 5.92 Å². The molecular weight excluding hydrogens is 340 g/mol. The summed E-state index contributed by atoms with van der Waals surface area (Å²) in [6, 6.07) is 11.8. The predicted octanol–water partition coefficient (Wildman–Crippen LogP) is 5.19. The van der Waals surface area contributed by atoms with Gasteiger partial charge in [-0.1, -0.05) is 12.1 Å². The second-order valence-corrected chi connectivity index (χ2v) is 5.73. The number of hydrogen-bond donors (Lipinski definition) is 0. The molecule has 4 rings (SSSR count). The largest absolute Gasteiger partial charge is 0.443 e. The zero-order chi connectivity index (χ0) is 18.1. The molecule has 0 spiro atoms. The maximum absolute atomic E-state index is 13.3. The molecule has 0 atom stereocenters. The first kappa shape index (κ1) is 16.1. The van der Waals surface area contributed by atoms with Gasteiger partial charge in [0.2, 0.25) is 5.88 Å². The third kappa shape index (κ3) is 2.99. The monoisotopic (exact) mass is 353 g/mol. The standard InChI is InChI=1S/C19H13F2N3O2/c1-19(20,21)16-8-7-12(10-23-16)26-18-14(5-3-9-22-18)13-4-2-6-15-17(13)25-11-24-15/h2-11H,1H3. The number of halogens is 2. The van der Waals surface area contributed by atoms with E-state index in [0.29, 0.717) is 28.3 Å². The highest BCUT2D eigenvalue weighted by molar-refractivity contribution is 5.91. The van der Waals surface area contributed by atoms with Crippen molar-refractivity contribution in [2.75, 3.05) is 0 Å². The van der Waals surface area contributed by atoms with Crippen molar-refractivity contribution in [2.24, 2.45) is 0 Å². The molecule has 0 saturated carbocycles. The second-order valence-electron chi connectivity index (χ2n) is 5.73. The van der Waals surface area contributed by atoms with Crippen molar-refractivity contribution in [1.29, 1.82) is 0 Å². The number of alkyl halides is 2. The number of hydrogen-bond acceptors (Lipinski definition) is 5. The Balaban J connectivity index is 1.72. The van der Waals surface area contributed by atoms with Gasteiger partial charge in [-0.15, -0.1) is 0 Å². The zero-order valence-corrected chi connectivity index (χ0v) is 13.7. The van der Waals surface area contributed by atoms with Gasteiger partial charge in [-0.25, -0.2) is 9.97 Å². The fraction of sp³-hybridized carbons (Fsp3) is 0.105. The Kier molecular flexibility index (Phi) is 3.84. The van der Waals surface area contributed by atoms with Gasteiger partial charge in [-0.05, 0) is 30.3 Å². The second kappa shape index (κ2) is 6.18. The number of fused-ring (bicyclic) bond motifs is 1. The molecule has 0 saturated heterocycles. The predicted molar refractivity (Wildman–Crippen MR) is 91.1 cm³/mol. The molecule has 0 N–H and O–H groups in total. The minimum atomic E-state index is -3.00. The zero-order valence-electron chi connectivity index (χ0n) is 13.7. The van der Waals surface area contributed by atoms with Gasteiger partial charge in [-0.2, -0.15) is 8.78 Å². The quantitative estimate of drug-likeness (QED) is 0.505. The molecule has 0 unspecified atom stereocenters. The third-order valence-electron chi connectivity index (χ3n) is 3.82. The van der Waals surface area contributed by atoms with Crippen LogP contribution < -0.4 is 4.74 Å². The van der Waals surface area contributed by atoms with Crippen molar-refractivity contribution in [1.82, 2.24) is 15.0 Å². The Bertz CT molecular complexity index is 1060. The van der Waals surface area contributed by atoms with E-state index in [1.165, 1.54) is 24.7 Å². The van der Waals surface area contributed by atoms with Gasteiger partial charge in [0, 0.05) is 24.2 Å². The molecule has 3 aromatic heterocycles. The van der Waals surface area contributed by atoms with Gasteiger partial charge in [0.15, 0.2) is 12.0 Å². The lowest BCUT2D eigenvalue weighted by Crippen LogP contribution is -2.09. The van der Waals surface area contributed by atoms with Gasteiger partial charge in [-0.3, -0.25) is 4.98 Å². The van der Waals surface area contributed by atoms with Gasteiger partial charge >= 0.3 is 0 Å². The molecule has 0 bridgehead atoms. The number of ether oxygens (including phenoxy) is 1. The molecule has 0 amide bonds. The molecule has 5 nitrogen and oxygen atoms in total. The van der Waals surface area contributed by atoms with Crippen molar-refractivity contribution in [2.45, 2.75) is 12.8 Å². The van der Waals surface area contributed by atoms with Crippen LogP contribution in [0.1, 0.15) is 12.6 Å². The first-order valence-corrected chi connectivity index (χ1v) is 7.82. The first-order valence-electron chi connectivity index (χ1n) is 7.82. The number of pyridine rings is 2. The summed E-state index contributed by atoms with van der Waals surface area (Å²) in [4.78, 5) is 12.2. The maximum atomic E-state index is 13.3. The number of aromatic nitrogens is 3. The number of para-hydroxylation sites is 1. The lowest BCUT2D eigenvalue weighted by Gasteiger charge is -2.12. The molecule has 4 aromatic rings. The summed E-state index contributed by atoms with van der Waals surface area (Å²) in [6.07, 6.45) is 4.21. The van der Waals surface area contributed by atoms with E-state index in [9.17, 15) is 8.78 Å². The topological polar surface area (TPSA) is 61.0 Å². The van der Waals surface area contributed by atoms with Crippen molar-refractivity contribution in [3.8, 4) is 22.8 Å². The minimum Gasteiger partial charge on any atom is -0.443 e.